The highest BCUT2D eigenvalue weighted by atomic mass is 19.4. The molecule has 20 heavy (non-hydrogen) atoms. The Morgan fingerprint density at radius 3 is 2.45 bits per heavy atom. The Morgan fingerprint density at radius 1 is 1.40 bits per heavy atom. The van der Waals surface area contributed by atoms with Crippen molar-refractivity contribution in [3.8, 4) is 5.75 Å². The summed E-state index contributed by atoms with van der Waals surface area (Å²) in [5.74, 6) is -2.33. The van der Waals surface area contributed by atoms with Gasteiger partial charge < -0.3 is 14.5 Å². The maximum atomic E-state index is 12.8. The molecule has 1 aromatic heterocycles. The number of ether oxygens (including phenoxy) is 2. The molecule has 0 amide bonds. The Balaban J connectivity index is 3.37. The molecule has 0 aromatic carbocycles. The second kappa shape index (κ2) is 5.88. The van der Waals surface area contributed by atoms with E-state index in [2.05, 4.69) is 9.47 Å². The highest BCUT2D eigenvalue weighted by Crippen LogP contribution is 2.33. The minimum absolute atomic E-state index is 0.359. The van der Waals surface area contributed by atoms with Gasteiger partial charge >= 0.3 is 12.3 Å². The number of aromatic nitrogens is 1. The van der Waals surface area contributed by atoms with Gasteiger partial charge in [-0.15, -0.1) is 13.2 Å². The lowest BCUT2D eigenvalue weighted by atomic mass is 10.1. The van der Waals surface area contributed by atoms with E-state index < -0.39 is 47.6 Å². The first-order valence-electron chi connectivity index (χ1n) is 5.01. The third-order valence-corrected chi connectivity index (χ3v) is 2.19. The zero-order chi connectivity index (χ0) is 15.5. The molecule has 0 atom stereocenters. The van der Waals surface area contributed by atoms with Crippen LogP contribution in [0.4, 0.5) is 22.0 Å². The average Bonchev–Trinajstić information content (AvgIpc) is 2.30. The zero-order valence-corrected chi connectivity index (χ0v) is 9.88. The highest BCUT2D eigenvalue weighted by molar-refractivity contribution is 5.73. The molecular formula is C10H8F5NO4. The minimum atomic E-state index is -5.22. The maximum Gasteiger partial charge on any atom is 0.573 e. The van der Waals surface area contributed by atoms with Gasteiger partial charge in [0, 0.05) is 11.8 Å². The number of halogens is 5. The van der Waals surface area contributed by atoms with Gasteiger partial charge in [0.1, 0.15) is 0 Å². The van der Waals surface area contributed by atoms with Crippen molar-refractivity contribution in [1.29, 1.82) is 0 Å². The standard InChI is InChI=1S/C10H8F5NO4/c1-19-6(17)2-4-7(8(11)12)5(3-16-9(4)18)20-10(13,14)15/h3,8H,2H2,1H3,(H,16,18). The molecule has 10 heteroatoms. The number of methoxy groups -OCH3 is 1. The summed E-state index contributed by atoms with van der Waals surface area (Å²) in [5, 5.41) is 0. The quantitative estimate of drug-likeness (QED) is 0.681. The molecular weight excluding hydrogens is 293 g/mol. The Hall–Kier alpha value is -2.13. The highest BCUT2D eigenvalue weighted by Gasteiger charge is 2.35. The molecule has 0 saturated carbocycles. The van der Waals surface area contributed by atoms with Gasteiger partial charge in [-0.1, -0.05) is 0 Å². The molecule has 1 N–H and O–H groups in total. The largest absolute Gasteiger partial charge is 0.573 e. The molecule has 0 aliphatic carbocycles. The monoisotopic (exact) mass is 301 g/mol. The fourth-order valence-electron chi connectivity index (χ4n) is 1.41. The minimum Gasteiger partial charge on any atom is -0.469 e. The van der Waals surface area contributed by atoms with E-state index in [4.69, 9.17) is 0 Å². The number of esters is 1. The first-order valence-corrected chi connectivity index (χ1v) is 5.01. The van der Waals surface area contributed by atoms with Crippen LogP contribution in [0.5, 0.6) is 5.75 Å². The van der Waals surface area contributed by atoms with E-state index in [1.165, 1.54) is 0 Å². The van der Waals surface area contributed by atoms with Crippen LogP contribution < -0.4 is 10.3 Å². The van der Waals surface area contributed by atoms with E-state index in [0.717, 1.165) is 7.11 Å². The van der Waals surface area contributed by atoms with Crippen molar-refractivity contribution in [1.82, 2.24) is 4.98 Å². The molecule has 0 aliphatic heterocycles. The van der Waals surface area contributed by atoms with E-state index in [1.807, 2.05) is 0 Å². The van der Waals surface area contributed by atoms with Crippen LogP contribution in [0, 0.1) is 0 Å². The first-order chi connectivity index (χ1) is 9.15. The maximum absolute atomic E-state index is 12.8. The summed E-state index contributed by atoms with van der Waals surface area (Å²) in [7, 11) is 0.939. The summed E-state index contributed by atoms with van der Waals surface area (Å²) in [6.45, 7) is 0. The van der Waals surface area contributed by atoms with Gasteiger partial charge in [-0.25, -0.2) is 8.78 Å². The summed E-state index contributed by atoms with van der Waals surface area (Å²) >= 11 is 0. The van der Waals surface area contributed by atoms with E-state index in [9.17, 15) is 31.5 Å². The molecule has 0 unspecified atom stereocenters. The number of carbonyl (C=O) groups is 1. The van der Waals surface area contributed by atoms with Crippen molar-refractivity contribution in [3.05, 3.63) is 27.7 Å². The summed E-state index contributed by atoms with van der Waals surface area (Å²) in [4.78, 5) is 24.2. The number of hydrogen-bond acceptors (Lipinski definition) is 4. The van der Waals surface area contributed by atoms with Gasteiger partial charge in [-0.05, 0) is 0 Å². The van der Waals surface area contributed by atoms with Gasteiger partial charge in [-0.3, -0.25) is 9.59 Å². The number of carbonyl (C=O) groups excluding carboxylic acids is 1. The third-order valence-electron chi connectivity index (χ3n) is 2.19. The number of H-pyrrole nitrogens is 1. The lowest BCUT2D eigenvalue weighted by molar-refractivity contribution is -0.275. The lowest BCUT2D eigenvalue weighted by Gasteiger charge is -2.15. The molecule has 0 spiro atoms. The summed E-state index contributed by atoms with van der Waals surface area (Å²) in [6.07, 6.45) is -9.20. The van der Waals surface area contributed by atoms with Gasteiger partial charge in [0.25, 0.3) is 12.0 Å². The van der Waals surface area contributed by atoms with E-state index in [-0.39, 0.29) is 0 Å². The van der Waals surface area contributed by atoms with Crippen molar-refractivity contribution in [3.63, 3.8) is 0 Å². The molecule has 0 aliphatic rings. The summed E-state index contributed by atoms with van der Waals surface area (Å²) < 4.78 is 69.6. The van der Waals surface area contributed by atoms with Crippen molar-refractivity contribution in [2.45, 2.75) is 19.2 Å². The number of alkyl halides is 5. The number of nitrogens with one attached hydrogen (secondary N) is 1. The van der Waals surface area contributed by atoms with Gasteiger partial charge in [0.15, 0.2) is 5.75 Å². The summed E-state index contributed by atoms with van der Waals surface area (Å²) in [5.41, 5.74) is -3.26. The SMILES string of the molecule is COC(=O)Cc1c(C(F)F)c(OC(F)(F)F)c[nH]c1=O. The summed E-state index contributed by atoms with van der Waals surface area (Å²) in [6, 6.07) is 0. The molecule has 0 saturated heterocycles. The van der Waals surface area contributed by atoms with E-state index in [1.54, 1.807) is 4.98 Å². The fourth-order valence-corrected chi connectivity index (χ4v) is 1.41. The number of rotatable bonds is 4. The lowest BCUT2D eigenvalue weighted by Crippen LogP contribution is -2.24. The predicted molar refractivity (Wildman–Crippen MR) is 54.4 cm³/mol. The predicted octanol–water partition coefficient (Wildman–Crippen LogP) is 1.93. The zero-order valence-electron chi connectivity index (χ0n) is 9.88. The fraction of sp³-hybridized carbons (Fsp3) is 0.400. The number of aromatic amines is 1. The molecule has 0 bridgehead atoms. The van der Waals surface area contributed by atoms with Crippen LogP contribution in [0.2, 0.25) is 0 Å². The molecule has 0 radical (unpaired) electrons. The van der Waals surface area contributed by atoms with Crippen LogP contribution >= 0.6 is 0 Å². The van der Waals surface area contributed by atoms with Crippen LogP contribution in [0.1, 0.15) is 17.6 Å². The second-order valence-electron chi connectivity index (χ2n) is 3.48. The van der Waals surface area contributed by atoms with Gasteiger partial charge in [0.2, 0.25) is 0 Å². The van der Waals surface area contributed by atoms with Crippen molar-refractivity contribution in [2.24, 2.45) is 0 Å². The normalized spacial score (nSPS) is 11.6. The molecule has 5 nitrogen and oxygen atoms in total. The first kappa shape index (κ1) is 15.9. The smallest absolute Gasteiger partial charge is 0.469 e. The third kappa shape index (κ3) is 3.93. The van der Waals surface area contributed by atoms with Crippen LogP contribution in [-0.2, 0) is 16.0 Å². The number of hydrogen-bond donors (Lipinski definition) is 1. The Morgan fingerprint density at radius 2 is 2.00 bits per heavy atom. The van der Waals surface area contributed by atoms with Crippen LogP contribution in [0.15, 0.2) is 11.0 Å². The second-order valence-corrected chi connectivity index (χ2v) is 3.48. The molecule has 112 valence electrons. The Labute approximate surface area is 108 Å². The Bertz CT molecular complexity index is 552. The van der Waals surface area contributed by atoms with Crippen LogP contribution in [-0.4, -0.2) is 24.4 Å². The number of pyridine rings is 1. The Kier molecular flexibility index (Phi) is 4.69. The molecule has 1 heterocycles. The van der Waals surface area contributed by atoms with Crippen molar-refractivity contribution in [2.75, 3.05) is 7.11 Å². The van der Waals surface area contributed by atoms with Crippen LogP contribution in [0.3, 0.4) is 0 Å². The average molecular weight is 301 g/mol. The molecule has 1 aromatic rings. The van der Waals surface area contributed by atoms with Gasteiger partial charge in [0.05, 0.1) is 19.1 Å². The van der Waals surface area contributed by atoms with E-state index >= 15 is 0 Å². The van der Waals surface area contributed by atoms with Crippen molar-refractivity contribution < 1.29 is 36.2 Å². The van der Waals surface area contributed by atoms with Crippen molar-refractivity contribution >= 4 is 5.97 Å². The van der Waals surface area contributed by atoms with Gasteiger partial charge in [-0.2, -0.15) is 0 Å². The molecule has 0 fully saturated rings. The molecule has 1 rings (SSSR count). The van der Waals surface area contributed by atoms with E-state index in [0.29, 0.717) is 6.20 Å². The van der Waals surface area contributed by atoms with Crippen LogP contribution in [0.25, 0.3) is 0 Å². The topological polar surface area (TPSA) is 68.4 Å².